The number of carbonyl (C=O) groups is 6. The summed E-state index contributed by atoms with van der Waals surface area (Å²) in [6, 6.07) is -0.286. The topological polar surface area (TPSA) is 170 Å². The van der Waals surface area contributed by atoms with E-state index in [2.05, 4.69) is 0 Å². The van der Waals surface area contributed by atoms with Crippen molar-refractivity contribution in [2.75, 3.05) is 13.2 Å². The minimum absolute atomic E-state index is 0.0827. The van der Waals surface area contributed by atoms with Crippen LogP contribution in [0.25, 0.3) is 0 Å². The number of carboxylic acids is 1. The van der Waals surface area contributed by atoms with Crippen molar-refractivity contribution >= 4 is 35.5 Å². The molecule has 5 amide bonds. The van der Waals surface area contributed by atoms with Crippen molar-refractivity contribution in [1.82, 2.24) is 9.80 Å². The lowest BCUT2D eigenvalue weighted by Gasteiger charge is -2.25. The predicted octanol–water partition coefficient (Wildman–Crippen LogP) is -0.424. The van der Waals surface area contributed by atoms with Crippen LogP contribution in [-0.4, -0.2) is 79.9 Å². The highest BCUT2D eigenvalue weighted by atomic mass is 16.4. The molecule has 0 aromatic carbocycles. The molecule has 11 nitrogen and oxygen atoms in total. The van der Waals surface area contributed by atoms with Gasteiger partial charge in [0.25, 0.3) is 0 Å². The highest BCUT2D eigenvalue weighted by Gasteiger charge is 2.34. The number of aliphatic carboxylic acids is 1. The van der Waals surface area contributed by atoms with Crippen LogP contribution in [0.4, 0.5) is 0 Å². The molecule has 11 heteroatoms. The van der Waals surface area contributed by atoms with E-state index in [1.54, 1.807) is 0 Å². The van der Waals surface area contributed by atoms with E-state index >= 15 is 0 Å². The van der Waals surface area contributed by atoms with Crippen molar-refractivity contribution in [3.63, 3.8) is 0 Å². The molecular weight excluding hydrogens is 400 g/mol. The predicted molar refractivity (Wildman–Crippen MR) is 100 cm³/mol. The van der Waals surface area contributed by atoms with Gasteiger partial charge in [-0.25, -0.2) is 4.90 Å². The smallest absolute Gasteiger partial charge is 0.303 e. The Labute approximate surface area is 173 Å². The highest BCUT2D eigenvalue weighted by molar-refractivity contribution is 6.15. The average Bonchev–Trinajstić information content (AvgIpc) is 3.19. The maximum Gasteiger partial charge on any atom is 0.303 e. The molecule has 0 aliphatic carbocycles. The fraction of sp³-hybridized carbons (Fsp3) is 0.684. The average molecular weight is 428 g/mol. The first-order chi connectivity index (χ1) is 14.2. The first-order valence-electron chi connectivity index (χ1n) is 9.89. The Hall–Kier alpha value is -2.66. The highest BCUT2D eigenvalue weighted by Crippen LogP contribution is 2.21. The van der Waals surface area contributed by atoms with Crippen molar-refractivity contribution in [3.8, 4) is 0 Å². The molecule has 1 atom stereocenters. The molecule has 2 aliphatic heterocycles. The van der Waals surface area contributed by atoms with Gasteiger partial charge in [0.1, 0.15) is 0 Å². The summed E-state index contributed by atoms with van der Waals surface area (Å²) in [4.78, 5) is 68.2. The number of hydrogen-bond acceptors (Lipinski definition) is 8. The van der Waals surface area contributed by atoms with E-state index < -0.39 is 23.7 Å². The van der Waals surface area contributed by atoms with Gasteiger partial charge in [-0.15, -0.1) is 0 Å². The zero-order chi connectivity index (χ0) is 22.7. The summed E-state index contributed by atoms with van der Waals surface area (Å²) in [5.74, 6) is -2.74. The van der Waals surface area contributed by atoms with Gasteiger partial charge in [-0.3, -0.25) is 33.7 Å². The van der Waals surface area contributed by atoms with E-state index in [9.17, 15) is 28.8 Å². The number of imide groups is 4. The summed E-state index contributed by atoms with van der Waals surface area (Å²) in [6.45, 7) is -0.420. The third kappa shape index (κ3) is 7.64. The zero-order valence-corrected chi connectivity index (χ0v) is 16.7. The van der Waals surface area contributed by atoms with Crippen LogP contribution in [0, 0.1) is 0 Å². The van der Waals surface area contributed by atoms with Gasteiger partial charge in [0.05, 0.1) is 13.0 Å². The summed E-state index contributed by atoms with van der Waals surface area (Å²) in [5.41, 5.74) is 0. The van der Waals surface area contributed by atoms with Crippen LogP contribution in [-0.2, 0) is 28.8 Å². The van der Waals surface area contributed by atoms with Crippen LogP contribution < -0.4 is 0 Å². The van der Waals surface area contributed by atoms with Crippen LogP contribution in [0.1, 0.15) is 64.2 Å². The second kappa shape index (κ2) is 12.8. The van der Waals surface area contributed by atoms with E-state index in [-0.39, 0.29) is 69.6 Å². The summed E-state index contributed by atoms with van der Waals surface area (Å²) >= 11 is 0. The molecule has 0 spiro atoms. The lowest BCUT2D eigenvalue weighted by molar-refractivity contribution is -0.150. The van der Waals surface area contributed by atoms with Crippen molar-refractivity contribution in [2.45, 2.75) is 70.3 Å². The van der Waals surface area contributed by atoms with Crippen LogP contribution in [0.5, 0.6) is 0 Å². The van der Waals surface area contributed by atoms with Gasteiger partial charge in [0.2, 0.25) is 29.5 Å². The van der Waals surface area contributed by atoms with Gasteiger partial charge in [0, 0.05) is 44.8 Å². The maximum absolute atomic E-state index is 11.6. The molecule has 0 saturated carbocycles. The lowest BCUT2D eigenvalue weighted by atomic mass is 10.0. The Morgan fingerprint density at radius 1 is 0.767 bits per heavy atom. The molecule has 2 heterocycles. The summed E-state index contributed by atoms with van der Waals surface area (Å²) < 4.78 is 0. The molecule has 2 saturated heterocycles. The van der Waals surface area contributed by atoms with Crippen molar-refractivity contribution in [1.29, 1.82) is 0 Å². The van der Waals surface area contributed by atoms with Crippen molar-refractivity contribution in [2.24, 2.45) is 0 Å². The van der Waals surface area contributed by atoms with Gasteiger partial charge in [-0.05, 0) is 19.3 Å². The largest absolute Gasteiger partial charge is 0.481 e. The minimum atomic E-state index is -0.845. The van der Waals surface area contributed by atoms with E-state index in [0.717, 1.165) is 0 Å². The van der Waals surface area contributed by atoms with Gasteiger partial charge in [0.15, 0.2) is 0 Å². The first-order valence-corrected chi connectivity index (χ1v) is 9.89. The third-order valence-corrected chi connectivity index (χ3v) is 4.72. The summed E-state index contributed by atoms with van der Waals surface area (Å²) in [7, 11) is 0. The van der Waals surface area contributed by atoms with Gasteiger partial charge >= 0.3 is 5.97 Å². The molecule has 2 aliphatic rings. The number of likely N-dealkylation sites (tertiary alicyclic amines) is 2. The van der Waals surface area contributed by atoms with Crippen molar-refractivity contribution < 1.29 is 44.1 Å². The molecule has 30 heavy (non-hydrogen) atoms. The molecule has 0 bridgehead atoms. The number of aliphatic hydroxyl groups excluding tert-OH is 2. The molecule has 168 valence electrons. The monoisotopic (exact) mass is 428 g/mol. The molecule has 0 radical (unpaired) electrons. The number of carboxylic acid groups (broad SMARTS) is 1. The number of rotatable bonds is 10. The number of amides is 5. The van der Waals surface area contributed by atoms with Crippen LogP contribution in [0.2, 0.25) is 0 Å². The fourth-order valence-electron chi connectivity index (χ4n) is 3.27. The lowest BCUT2D eigenvalue weighted by Crippen LogP contribution is -2.40. The minimum Gasteiger partial charge on any atom is -0.481 e. The zero-order valence-electron chi connectivity index (χ0n) is 16.7. The van der Waals surface area contributed by atoms with Gasteiger partial charge < -0.3 is 15.3 Å². The standard InChI is InChI=1S/C12H19NO5.C7H9NO4/c14-8-7-9(3-1-2-4-12(17)18)13-10(15)5-6-11(13)16;9-4-3-7(12)8-5(10)1-2-6(8)11/h9,14H,1-8H2,(H,17,18);9H,1-4H2. The maximum atomic E-state index is 11.6. The van der Waals surface area contributed by atoms with E-state index in [1.165, 1.54) is 4.90 Å². The second-order valence-corrected chi connectivity index (χ2v) is 6.95. The quantitative estimate of drug-likeness (QED) is 0.309. The first kappa shape index (κ1) is 25.4. The Balaban J connectivity index is 0.000000325. The second-order valence-electron chi connectivity index (χ2n) is 6.95. The Morgan fingerprint density at radius 2 is 1.30 bits per heavy atom. The molecule has 0 aromatic rings. The van der Waals surface area contributed by atoms with Crippen LogP contribution >= 0.6 is 0 Å². The molecular formula is C19H28N2O9. The normalized spacial score (nSPS) is 17.3. The van der Waals surface area contributed by atoms with E-state index in [4.69, 9.17) is 15.3 Å². The Morgan fingerprint density at radius 3 is 1.77 bits per heavy atom. The third-order valence-electron chi connectivity index (χ3n) is 4.72. The van der Waals surface area contributed by atoms with Crippen LogP contribution in [0.15, 0.2) is 0 Å². The number of carbonyl (C=O) groups excluding carboxylic acids is 5. The Kier molecular flexibility index (Phi) is 10.8. The molecule has 2 rings (SSSR count). The SMILES string of the molecule is O=C(CCO)N1C(=O)CCC1=O.O=C(O)CCCCC(CCO)N1C(=O)CCC1=O. The van der Waals surface area contributed by atoms with E-state index in [0.29, 0.717) is 30.6 Å². The molecule has 1 unspecified atom stereocenters. The number of unbranched alkanes of at least 4 members (excludes halogenated alkanes) is 1. The fourth-order valence-corrected chi connectivity index (χ4v) is 3.27. The Bertz CT molecular complexity index is 645. The summed E-state index contributed by atoms with van der Waals surface area (Å²) in [6.07, 6.45) is 2.71. The van der Waals surface area contributed by atoms with E-state index in [1.807, 2.05) is 0 Å². The summed E-state index contributed by atoms with van der Waals surface area (Å²) in [5, 5.41) is 25.9. The molecule has 0 aromatic heterocycles. The van der Waals surface area contributed by atoms with Gasteiger partial charge in [-0.1, -0.05) is 6.42 Å². The number of aliphatic hydroxyl groups is 2. The molecule has 2 fully saturated rings. The van der Waals surface area contributed by atoms with Gasteiger partial charge in [-0.2, -0.15) is 0 Å². The van der Waals surface area contributed by atoms with Crippen molar-refractivity contribution in [3.05, 3.63) is 0 Å². The number of nitrogens with zero attached hydrogens (tertiary/aromatic N) is 2. The number of hydrogen-bond donors (Lipinski definition) is 3. The molecule has 3 N–H and O–H groups in total. The van der Waals surface area contributed by atoms with Crippen LogP contribution in [0.3, 0.4) is 0 Å².